The molecule has 3 aromatic rings. The third-order valence-corrected chi connectivity index (χ3v) is 4.52. The molecule has 0 bridgehead atoms. The second-order valence-corrected chi connectivity index (χ2v) is 6.22. The number of benzene rings is 3. The second kappa shape index (κ2) is 5.92. The summed E-state index contributed by atoms with van der Waals surface area (Å²) in [5, 5.41) is 13.2. The summed E-state index contributed by atoms with van der Waals surface area (Å²) in [6.07, 6.45) is 0. The maximum absolute atomic E-state index is 13.2. The molecule has 0 aliphatic carbocycles. The highest BCUT2D eigenvalue weighted by Crippen LogP contribution is 2.42. The summed E-state index contributed by atoms with van der Waals surface area (Å²) >= 11 is 0. The van der Waals surface area contributed by atoms with Gasteiger partial charge in [-0.3, -0.25) is 5.11 Å². The molecule has 0 fully saturated rings. The summed E-state index contributed by atoms with van der Waals surface area (Å²) in [4.78, 5) is 0. The van der Waals surface area contributed by atoms with Crippen molar-refractivity contribution in [2.45, 2.75) is 27.7 Å². The average Bonchev–Trinajstić information content (AvgIpc) is 2.50. The summed E-state index contributed by atoms with van der Waals surface area (Å²) in [6, 6.07) is 18.2. The van der Waals surface area contributed by atoms with Crippen molar-refractivity contribution in [2.75, 3.05) is 0 Å². The summed E-state index contributed by atoms with van der Waals surface area (Å²) in [5.74, 6) is 0.113. The highest BCUT2D eigenvalue weighted by molar-refractivity contribution is 5.86. The lowest BCUT2D eigenvalue weighted by Crippen LogP contribution is -1.92. The number of hydrogen-bond acceptors (Lipinski definition) is 0. The maximum Gasteiger partial charge on any atom is 0.194 e. The van der Waals surface area contributed by atoms with Crippen molar-refractivity contribution in [2.24, 2.45) is 0 Å². The molecule has 0 saturated carbocycles. The smallest absolute Gasteiger partial charge is 0.194 e. The Labute approximate surface area is 138 Å². The first-order valence-electron chi connectivity index (χ1n) is 7.94. The quantitative estimate of drug-likeness (QED) is 0.522. The fourth-order valence-corrected chi connectivity index (χ4v) is 3.41. The molecule has 3 rings (SSSR count). The first-order chi connectivity index (χ1) is 11.0. The molecule has 0 aliphatic rings. The standard InChI is InChI=1S/C22H21O/c1-14-8-5-9-15(2)20(14)18-12-7-13-19(22(18)23)21-16(3)10-6-11-17(21)4/h5-13H,1-4H3. The molecule has 0 heterocycles. The largest absolute Gasteiger partial charge is 0.289 e. The van der Waals surface area contributed by atoms with Gasteiger partial charge in [-0.25, -0.2) is 0 Å². The summed E-state index contributed by atoms with van der Waals surface area (Å²) in [5.41, 5.74) is 8.26. The minimum Gasteiger partial charge on any atom is -0.289 e. The molecule has 0 amide bonds. The molecule has 1 heteroatoms. The van der Waals surface area contributed by atoms with E-state index in [2.05, 4.69) is 52.0 Å². The molecule has 0 saturated heterocycles. The molecule has 0 N–H and O–H groups in total. The van der Waals surface area contributed by atoms with Crippen LogP contribution in [0.25, 0.3) is 22.3 Å². The normalized spacial score (nSPS) is 10.8. The zero-order chi connectivity index (χ0) is 16.6. The van der Waals surface area contributed by atoms with E-state index in [1.165, 1.54) is 0 Å². The number of hydrogen-bond donors (Lipinski definition) is 0. The van der Waals surface area contributed by atoms with E-state index in [1.54, 1.807) is 0 Å². The summed E-state index contributed by atoms with van der Waals surface area (Å²) in [6.45, 7) is 8.25. The van der Waals surface area contributed by atoms with Crippen molar-refractivity contribution >= 4 is 0 Å². The zero-order valence-electron chi connectivity index (χ0n) is 14.1. The third-order valence-electron chi connectivity index (χ3n) is 4.52. The Morgan fingerprint density at radius 1 is 0.522 bits per heavy atom. The van der Waals surface area contributed by atoms with Gasteiger partial charge < -0.3 is 0 Å². The Morgan fingerprint density at radius 2 is 0.826 bits per heavy atom. The topological polar surface area (TPSA) is 19.9 Å². The Bertz CT molecular complexity index is 765. The molecule has 115 valence electrons. The monoisotopic (exact) mass is 301 g/mol. The van der Waals surface area contributed by atoms with E-state index in [0.717, 1.165) is 44.5 Å². The first kappa shape index (κ1) is 15.4. The van der Waals surface area contributed by atoms with Crippen LogP contribution in [0.5, 0.6) is 5.75 Å². The molecule has 0 unspecified atom stereocenters. The molecule has 23 heavy (non-hydrogen) atoms. The van der Waals surface area contributed by atoms with E-state index in [1.807, 2.05) is 30.3 Å². The van der Waals surface area contributed by atoms with E-state index in [-0.39, 0.29) is 5.75 Å². The van der Waals surface area contributed by atoms with Crippen molar-refractivity contribution in [1.82, 2.24) is 0 Å². The fraction of sp³-hybridized carbons (Fsp3) is 0.182. The van der Waals surface area contributed by atoms with Crippen LogP contribution in [0, 0.1) is 27.7 Å². The van der Waals surface area contributed by atoms with Crippen LogP contribution in [0.1, 0.15) is 22.3 Å². The van der Waals surface area contributed by atoms with Crippen molar-refractivity contribution in [3.05, 3.63) is 76.9 Å². The predicted molar refractivity (Wildman–Crippen MR) is 96.4 cm³/mol. The molecule has 1 radical (unpaired) electrons. The van der Waals surface area contributed by atoms with E-state index >= 15 is 0 Å². The van der Waals surface area contributed by atoms with Gasteiger partial charge in [-0.05, 0) is 61.1 Å². The van der Waals surface area contributed by atoms with E-state index in [0.29, 0.717) is 0 Å². The molecule has 1 nitrogen and oxygen atoms in total. The number of rotatable bonds is 2. The van der Waals surface area contributed by atoms with Gasteiger partial charge in [0.15, 0.2) is 5.75 Å². The maximum atomic E-state index is 13.2. The molecule has 0 spiro atoms. The van der Waals surface area contributed by atoms with Crippen LogP contribution < -0.4 is 0 Å². The van der Waals surface area contributed by atoms with Crippen LogP contribution in [-0.4, -0.2) is 0 Å². The van der Waals surface area contributed by atoms with Gasteiger partial charge in [0.25, 0.3) is 0 Å². The average molecular weight is 301 g/mol. The summed E-state index contributed by atoms with van der Waals surface area (Å²) in [7, 11) is 0. The van der Waals surface area contributed by atoms with Crippen LogP contribution in [0.4, 0.5) is 0 Å². The zero-order valence-corrected chi connectivity index (χ0v) is 14.1. The fourth-order valence-electron chi connectivity index (χ4n) is 3.41. The molecule has 0 aromatic heterocycles. The lowest BCUT2D eigenvalue weighted by molar-refractivity contribution is 0.358. The van der Waals surface area contributed by atoms with Crippen molar-refractivity contribution in [3.8, 4) is 28.0 Å². The van der Waals surface area contributed by atoms with Crippen LogP contribution in [0.15, 0.2) is 54.6 Å². The SMILES string of the molecule is Cc1cccc(C)c1-c1cccc(-c2c(C)cccc2C)c1[O]. The van der Waals surface area contributed by atoms with Gasteiger partial charge >= 0.3 is 0 Å². The predicted octanol–water partition coefficient (Wildman–Crippen LogP) is 6.40. The highest BCUT2D eigenvalue weighted by atomic mass is 16.3. The lowest BCUT2D eigenvalue weighted by atomic mass is 9.89. The van der Waals surface area contributed by atoms with Crippen LogP contribution in [0.2, 0.25) is 0 Å². The van der Waals surface area contributed by atoms with E-state index < -0.39 is 0 Å². The van der Waals surface area contributed by atoms with Gasteiger partial charge in [-0.1, -0.05) is 54.6 Å². The van der Waals surface area contributed by atoms with Crippen LogP contribution >= 0.6 is 0 Å². The van der Waals surface area contributed by atoms with Gasteiger partial charge in [-0.2, -0.15) is 0 Å². The third kappa shape index (κ3) is 2.63. The minimum absolute atomic E-state index is 0.113. The molecular weight excluding hydrogens is 280 g/mol. The van der Waals surface area contributed by atoms with E-state index in [4.69, 9.17) is 0 Å². The summed E-state index contributed by atoms with van der Waals surface area (Å²) < 4.78 is 0. The molecule has 3 aromatic carbocycles. The van der Waals surface area contributed by atoms with Gasteiger partial charge in [0.1, 0.15) is 0 Å². The Morgan fingerprint density at radius 3 is 1.17 bits per heavy atom. The molecule has 0 atom stereocenters. The molecular formula is C22H21O. The van der Waals surface area contributed by atoms with E-state index in [9.17, 15) is 5.11 Å². The second-order valence-electron chi connectivity index (χ2n) is 6.22. The Hall–Kier alpha value is -2.54. The van der Waals surface area contributed by atoms with Crippen molar-refractivity contribution in [3.63, 3.8) is 0 Å². The van der Waals surface area contributed by atoms with Gasteiger partial charge in [-0.15, -0.1) is 0 Å². The lowest BCUT2D eigenvalue weighted by Gasteiger charge is -2.15. The van der Waals surface area contributed by atoms with Crippen LogP contribution in [0.3, 0.4) is 0 Å². The minimum atomic E-state index is 0.113. The highest BCUT2D eigenvalue weighted by Gasteiger charge is 2.17. The Balaban J connectivity index is 2.29. The Kier molecular flexibility index (Phi) is 3.96. The van der Waals surface area contributed by atoms with Gasteiger partial charge in [0.2, 0.25) is 0 Å². The number of para-hydroxylation sites is 1. The van der Waals surface area contributed by atoms with Crippen LogP contribution in [-0.2, 0) is 5.11 Å². The molecule has 0 aliphatic heterocycles. The van der Waals surface area contributed by atoms with Crippen molar-refractivity contribution < 1.29 is 5.11 Å². The first-order valence-corrected chi connectivity index (χ1v) is 7.94. The number of aryl methyl sites for hydroxylation is 4. The van der Waals surface area contributed by atoms with Crippen molar-refractivity contribution in [1.29, 1.82) is 0 Å². The van der Waals surface area contributed by atoms with Gasteiger partial charge in [0.05, 0.1) is 0 Å². The van der Waals surface area contributed by atoms with Gasteiger partial charge in [0, 0.05) is 11.1 Å².